The van der Waals surface area contributed by atoms with E-state index in [4.69, 9.17) is 21.6 Å². The number of imidazole rings is 1. The molecule has 2 aliphatic carbocycles. The number of carbonyl (C=O) groups excluding carboxylic acids is 2. The van der Waals surface area contributed by atoms with E-state index in [-0.39, 0.29) is 42.2 Å². The summed E-state index contributed by atoms with van der Waals surface area (Å²) in [5, 5.41) is 4.23. The van der Waals surface area contributed by atoms with Gasteiger partial charge in [-0.2, -0.15) is 0 Å². The largest absolute Gasteiger partial charge is 0.341 e. The van der Waals surface area contributed by atoms with Gasteiger partial charge >= 0.3 is 0 Å². The molecule has 286 valence electrons. The molecule has 1 aromatic carbocycles. The van der Waals surface area contributed by atoms with Crippen LogP contribution in [0.3, 0.4) is 0 Å². The Labute approximate surface area is 313 Å². The molecule has 2 aliphatic heterocycles. The number of nitrogens with one attached hydrogen (secondary N) is 2. The summed E-state index contributed by atoms with van der Waals surface area (Å²) in [6.45, 7) is 10.7. The predicted molar refractivity (Wildman–Crippen MR) is 194 cm³/mol. The third-order valence-corrected chi connectivity index (χ3v) is 12.1. The molecule has 1 atom stereocenters. The Morgan fingerprint density at radius 1 is 1.06 bits per heavy atom. The highest BCUT2D eigenvalue weighted by Gasteiger charge is 2.56. The molecule has 10 nitrogen and oxygen atoms in total. The molecular formula is C38H40ClF5N8O2. The van der Waals surface area contributed by atoms with Gasteiger partial charge in [0, 0.05) is 42.5 Å². The normalized spacial score (nSPS) is 24.4. The maximum Gasteiger partial charge on any atom is 0.261 e. The molecule has 54 heavy (non-hydrogen) atoms. The fraction of sp³-hybridized carbons (Fsp3) is 0.500. The quantitative estimate of drug-likeness (QED) is 0.132. The Hall–Kier alpha value is -4.37. The number of pyridine rings is 2. The summed E-state index contributed by atoms with van der Waals surface area (Å²) in [4.78, 5) is 45.2. The maximum absolute atomic E-state index is 15.6. The summed E-state index contributed by atoms with van der Waals surface area (Å²) < 4.78 is 74.0. The molecule has 0 bridgehead atoms. The van der Waals surface area contributed by atoms with Crippen molar-refractivity contribution in [2.24, 2.45) is 0 Å². The number of benzene rings is 1. The van der Waals surface area contributed by atoms with Crippen molar-refractivity contribution in [3.05, 3.63) is 58.6 Å². The van der Waals surface area contributed by atoms with Crippen LogP contribution in [-0.2, 0) is 10.2 Å². The highest BCUT2D eigenvalue weighted by Crippen LogP contribution is 2.50. The van der Waals surface area contributed by atoms with E-state index in [1.807, 2.05) is 33.8 Å². The number of hydrogen-bond acceptors (Lipinski definition) is 7. The Morgan fingerprint density at radius 3 is 2.41 bits per heavy atom. The molecule has 3 fully saturated rings. The highest BCUT2D eigenvalue weighted by atomic mass is 35.5. The van der Waals surface area contributed by atoms with Crippen molar-refractivity contribution in [2.75, 3.05) is 23.3 Å². The minimum absolute atomic E-state index is 0.0388. The number of hydrogen-bond donors (Lipinski definition) is 2. The van der Waals surface area contributed by atoms with Gasteiger partial charge in [-0.1, -0.05) is 11.6 Å². The molecule has 3 aromatic heterocycles. The molecule has 5 heterocycles. The highest BCUT2D eigenvalue weighted by molar-refractivity contribution is 6.34. The van der Waals surface area contributed by atoms with Gasteiger partial charge in [-0.05, 0) is 84.9 Å². The fourth-order valence-corrected chi connectivity index (χ4v) is 8.46. The van der Waals surface area contributed by atoms with E-state index in [0.29, 0.717) is 66.0 Å². The van der Waals surface area contributed by atoms with Crippen molar-refractivity contribution in [3.8, 4) is 11.3 Å². The first kappa shape index (κ1) is 36.6. The third kappa shape index (κ3) is 5.71. The zero-order valence-electron chi connectivity index (χ0n) is 30.4. The minimum Gasteiger partial charge on any atom is -0.341 e. The summed E-state index contributed by atoms with van der Waals surface area (Å²) in [7, 11) is 0. The first-order chi connectivity index (χ1) is 25.4. The van der Waals surface area contributed by atoms with E-state index in [1.165, 1.54) is 0 Å². The lowest BCUT2D eigenvalue weighted by molar-refractivity contribution is -0.123. The summed E-state index contributed by atoms with van der Waals surface area (Å²) >= 11 is 6.05. The Bertz CT molecular complexity index is 2220. The molecule has 16 heteroatoms. The average Bonchev–Trinajstić information content (AvgIpc) is 3.45. The van der Waals surface area contributed by atoms with Crippen molar-refractivity contribution in [2.45, 2.75) is 108 Å². The molecule has 0 unspecified atom stereocenters. The summed E-state index contributed by atoms with van der Waals surface area (Å²) in [6, 6.07) is 4.30. The number of alkyl halides is 3. The van der Waals surface area contributed by atoms with Gasteiger partial charge in [0.05, 0.1) is 50.6 Å². The topological polar surface area (TPSA) is 108 Å². The van der Waals surface area contributed by atoms with Crippen molar-refractivity contribution >= 4 is 51.6 Å². The number of fused-ring (bicyclic) bond motifs is 2. The number of aromatic nitrogens is 4. The zero-order valence-corrected chi connectivity index (χ0v) is 31.2. The Balaban J connectivity index is 1.17. The predicted octanol–water partition coefficient (Wildman–Crippen LogP) is 7.87. The van der Waals surface area contributed by atoms with Crippen LogP contribution in [0, 0.1) is 11.6 Å². The SMILES string of the molecule is CC(C)n1cnc2cc(-c3cnc4c(c3)N([C@H]3C[C@@](C)(N5CC[C@@H](F)C5)C3)C(=O)C4(C)C)nc(Nc3cc(C(=O)NC4(C(F)F)CC4)c(Cl)c(F)c3F)c21. The molecule has 2 saturated carbocycles. The van der Waals surface area contributed by atoms with Gasteiger partial charge in [-0.3, -0.25) is 19.5 Å². The maximum atomic E-state index is 15.6. The molecule has 4 aromatic rings. The van der Waals surface area contributed by atoms with Crippen LogP contribution in [0.1, 0.15) is 88.8 Å². The van der Waals surface area contributed by atoms with E-state index in [2.05, 4.69) is 27.4 Å². The number of nitrogens with zero attached hydrogens (tertiary/aromatic N) is 6. The van der Waals surface area contributed by atoms with Crippen LogP contribution < -0.4 is 15.5 Å². The van der Waals surface area contributed by atoms with Gasteiger partial charge in [-0.15, -0.1) is 0 Å². The van der Waals surface area contributed by atoms with Crippen molar-refractivity contribution < 1.29 is 31.5 Å². The lowest BCUT2D eigenvalue weighted by Gasteiger charge is -2.53. The van der Waals surface area contributed by atoms with Gasteiger partial charge < -0.3 is 20.1 Å². The van der Waals surface area contributed by atoms with E-state index < -0.39 is 57.4 Å². The van der Waals surface area contributed by atoms with Crippen molar-refractivity contribution in [1.82, 2.24) is 29.7 Å². The van der Waals surface area contributed by atoms with Gasteiger partial charge in [0.2, 0.25) is 5.91 Å². The first-order valence-electron chi connectivity index (χ1n) is 18.1. The summed E-state index contributed by atoms with van der Waals surface area (Å²) in [5.74, 6) is -4.02. The second-order valence-electron chi connectivity index (χ2n) is 16.2. The van der Waals surface area contributed by atoms with Gasteiger partial charge in [0.15, 0.2) is 17.5 Å². The van der Waals surface area contributed by atoms with Crippen LogP contribution in [0.25, 0.3) is 22.3 Å². The zero-order chi connectivity index (χ0) is 38.6. The Morgan fingerprint density at radius 2 is 1.78 bits per heavy atom. The average molecular weight is 771 g/mol. The van der Waals surface area contributed by atoms with Gasteiger partial charge in [0.25, 0.3) is 12.3 Å². The van der Waals surface area contributed by atoms with Crippen LogP contribution in [0.5, 0.6) is 0 Å². The number of carbonyl (C=O) groups is 2. The Kier molecular flexibility index (Phi) is 8.53. The van der Waals surface area contributed by atoms with Crippen LogP contribution in [0.15, 0.2) is 30.7 Å². The molecule has 2 N–H and O–H groups in total. The first-order valence-corrected chi connectivity index (χ1v) is 18.5. The lowest BCUT2D eigenvalue weighted by Crippen LogP contribution is -2.62. The van der Waals surface area contributed by atoms with Crippen LogP contribution in [0.2, 0.25) is 5.02 Å². The molecule has 0 spiro atoms. The smallest absolute Gasteiger partial charge is 0.261 e. The second kappa shape index (κ2) is 12.6. The van der Waals surface area contributed by atoms with Crippen LogP contribution in [0.4, 0.5) is 39.1 Å². The molecule has 8 rings (SSSR count). The van der Waals surface area contributed by atoms with Crippen molar-refractivity contribution in [1.29, 1.82) is 0 Å². The van der Waals surface area contributed by atoms with Gasteiger partial charge in [0.1, 0.15) is 17.2 Å². The molecule has 4 aliphatic rings. The molecule has 2 amide bonds. The van der Waals surface area contributed by atoms with E-state index in [1.54, 1.807) is 28.1 Å². The van der Waals surface area contributed by atoms with Gasteiger partial charge in [-0.25, -0.2) is 31.9 Å². The van der Waals surface area contributed by atoms with Crippen LogP contribution in [-0.4, -0.2) is 79.0 Å². The fourth-order valence-electron chi connectivity index (χ4n) is 8.24. The van der Waals surface area contributed by atoms with E-state index in [9.17, 15) is 22.8 Å². The molecular weight excluding hydrogens is 731 g/mol. The number of halogens is 6. The van der Waals surface area contributed by atoms with E-state index >= 15 is 8.78 Å². The number of likely N-dealkylation sites (tertiary alicyclic amines) is 1. The van der Waals surface area contributed by atoms with E-state index in [0.717, 1.165) is 6.07 Å². The molecule has 1 saturated heterocycles. The third-order valence-electron chi connectivity index (χ3n) is 11.7. The number of anilines is 3. The standard InChI is InChI=1S/C38H40ClF5N8O2/c1-18(2)51-17-46-25-12-23(47-32(30(25)51)48-24-11-22(27(39)29(42)28(24)41)33(53)49-38(7-8-38)34(43)44)19-10-26-31(45-15-19)36(3,4)35(54)52(26)21-13-37(5,14-21)50-9-6-20(40)16-50/h10-12,15,17-18,20-21,34H,6-9,13-14,16H2,1-5H3,(H,47,48)(H,49,53)/t20-,21-,37+/m1/s1. The van der Waals surface area contributed by atoms with Crippen LogP contribution >= 0.6 is 11.6 Å². The monoisotopic (exact) mass is 770 g/mol. The molecule has 0 radical (unpaired) electrons. The van der Waals surface area contributed by atoms with Crippen molar-refractivity contribution in [3.63, 3.8) is 0 Å². The number of rotatable bonds is 9. The minimum atomic E-state index is -2.85. The summed E-state index contributed by atoms with van der Waals surface area (Å²) in [6.07, 6.45) is 1.45. The number of amides is 2. The summed E-state index contributed by atoms with van der Waals surface area (Å²) in [5.41, 5.74) is -0.832. The second-order valence-corrected chi connectivity index (χ2v) is 16.6. The lowest BCUT2D eigenvalue weighted by atomic mass is 9.72.